The molecule has 7 nitrogen and oxygen atoms in total. The highest BCUT2D eigenvalue weighted by atomic mass is 16.6. The average molecular weight is 399 g/mol. The Morgan fingerprint density at radius 2 is 1.90 bits per heavy atom. The molecule has 2 aromatic rings. The molecule has 2 fully saturated rings. The van der Waals surface area contributed by atoms with Gasteiger partial charge < -0.3 is 14.6 Å². The summed E-state index contributed by atoms with van der Waals surface area (Å²) in [5.74, 6) is 1.17. The summed E-state index contributed by atoms with van der Waals surface area (Å²) in [7, 11) is 0. The number of nitrogens with one attached hydrogen (secondary N) is 1. The van der Waals surface area contributed by atoms with Crippen LogP contribution in [-0.2, 0) is 9.53 Å². The highest BCUT2D eigenvalue weighted by molar-refractivity contribution is 5.86. The second-order valence-corrected chi connectivity index (χ2v) is 9.09. The molecule has 1 aromatic heterocycles. The second-order valence-electron chi connectivity index (χ2n) is 9.09. The van der Waals surface area contributed by atoms with Gasteiger partial charge in [0, 0.05) is 25.6 Å². The summed E-state index contributed by atoms with van der Waals surface area (Å²) in [6.45, 7) is 7.48. The van der Waals surface area contributed by atoms with Crippen LogP contribution < -0.4 is 0 Å². The van der Waals surface area contributed by atoms with Gasteiger partial charge in [-0.25, -0.2) is 9.78 Å². The van der Waals surface area contributed by atoms with Gasteiger partial charge in [0.15, 0.2) is 0 Å². The number of aromatic nitrogens is 2. The number of aromatic amines is 1. The van der Waals surface area contributed by atoms with Crippen LogP contribution in [0.5, 0.6) is 0 Å². The van der Waals surface area contributed by atoms with Crippen molar-refractivity contribution in [2.45, 2.75) is 64.0 Å². The van der Waals surface area contributed by atoms with Crippen molar-refractivity contribution in [1.29, 1.82) is 0 Å². The Balaban J connectivity index is 1.46. The van der Waals surface area contributed by atoms with Crippen molar-refractivity contribution in [3.05, 3.63) is 30.1 Å². The van der Waals surface area contributed by atoms with E-state index in [0.717, 1.165) is 42.7 Å². The topological polar surface area (TPSA) is 78.5 Å². The molecule has 0 spiro atoms. The average Bonchev–Trinajstić information content (AvgIpc) is 3.33. The Kier molecular flexibility index (Phi) is 5.23. The van der Waals surface area contributed by atoms with E-state index in [-0.39, 0.29) is 17.9 Å². The molecule has 0 radical (unpaired) electrons. The predicted octanol–water partition coefficient (Wildman–Crippen LogP) is 3.67. The lowest BCUT2D eigenvalue weighted by Gasteiger charge is -2.36. The number of hydrogen-bond acceptors (Lipinski definition) is 4. The zero-order valence-corrected chi connectivity index (χ0v) is 17.5. The first-order valence-electron chi connectivity index (χ1n) is 10.5. The molecule has 0 bridgehead atoms. The molecule has 3 heterocycles. The monoisotopic (exact) mass is 398 g/mol. The van der Waals surface area contributed by atoms with E-state index < -0.39 is 11.6 Å². The molecule has 1 aromatic carbocycles. The number of ether oxygens (including phenoxy) is 1. The fraction of sp³-hybridized carbons (Fsp3) is 0.591. The lowest BCUT2D eigenvalue weighted by atomic mass is 9.96. The molecule has 2 atom stereocenters. The maximum Gasteiger partial charge on any atom is 0.410 e. The third-order valence-electron chi connectivity index (χ3n) is 5.69. The van der Waals surface area contributed by atoms with Crippen molar-refractivity contribution in [2.24, 2.45) is 0 Å². The quantitative estimate of drug-likeness (QED) is 0.837. The number of hydrogen-bond donors (Lipinski definition) is 1. The molecule has 2 aliphatic rings. The van der Waals surface area contributed by atoms with Gasteiger partial charge in [-0.15, -0.1) is 0 Å². The van der Waals surface area contributed by atoms with Crippen molar-refractivity contribution < 1.29 is 14.3 Å². The molecule has 0 aliphatic carbocycles. The third-order valence-corrected chi connectivity index (χ3v) is 5.69. The number of carbonyl (C=O) groups is 2. The van der Waals surface area contributed by atoms with E-state index in [9.17, 15) is 9.59 Å². The summed E-state index contributed by atoms with van der Waals surface area (Å²) in [5, 5.41) is 0. The van der Waals surface area contributed by atoms with Crippen LogP contribution in [0.25, 0.3) is 11.0 Å². The van der Waals surface area contributed by atoms with Gasteiger partial charge in [0.2, 0.25) is 5.91 Å². The van der Waals surface area contributed by atoms with Crippen LogP contribution >= 0.6 is 0 Å². The van der Waals surface area contributed by atoms with Crippen LogP contribution in [0.4, 0.5) is 4.79 Å². The Morgan fingerprint density at radius 3 is 2.66 bits per heavy atom. The Morgan fingerprint density at radius 1 is 1.14 bits per heavy atom. The fourth-order valence-corrected chi connectivity index (χ4v) is 4.34. The van der Waals surface area contributed by atoms with Crippen molar-refractivity contribution in [3.63, 3.8) is 0 Å². The number of rotatable bonds is 2. The summed E-state index contributed by atoms with van der Waals surface area (Å²) >= 11 is 0. The van der Waals surface area contributed by atoms with E-state index >= 15 is 0 Å². The minimum atomic E-state index is -0.565. The van der Waals surface area contributed by atoms with Gasteiger partial charge in [0.05, 0.1) is 11.0 Å². The van der Waals surface area contributed by atoms with Gasteiger partial charge in [-0.05, 0) is 58.6 Å². The zero-order valence-electron chi connectivity index (χ0n) is 17.5. The van der Waals surface area contributed by atoms with Crippen LogP contribution in [0, 0.1) is 0 Å². The van der Waals surface area contributed by atoms with Gasteiger partial charge in [-0.3, -0.25) is 9.69 Å². The Labute approximate surface area is 171 Å². The smallest absolute Gasteiger partial charge is 0.410 e. The Bertz CT molecular complexity index is 868. The summed E-state index contributed by atoms with van der Waals surface area (Å²) in [4.78, 5) is 37.5. The predicted molar refractivity (Wildman–Crippen MR) is 111 cm³/mol. The molecule has 2 saturated heterocycles. The fourth-order valence-electron chi connectivity index (χ4n) is 4.34. The van der Waals surface area contributed by atoms with Crippen molar-refractivity contribution in [3.8, 4) is 0 Å². The molecule has 156 valence electrons. The van der Waals surface area contributed by atoms with E-state index in [4.69, 9.17) is 9.72 Å². The Hall–Kier alpha value is -2.57. The van der Waals surface area contributed by atoms with Crippen LogP contribution in [0.15, 0.2) is 24.3 Å². The number of imidazole rings is 1. The second kappa shape index (κ2) is 7.69. The van der Waals surface area contributed by atoms with Gasteiger partial charge in [-0.2, -0.15) is 0 Å². The molecule has 2 amide bonds. The number of para-hydroxylation sites is 2. The van der Waals surface area contributed by atoms with Gasteiger partial charge in [0.25, 0.3) is 0 Å². The van der Waals surface area contributed by atoms with E-state index in [1.54, 1.807) is 4.90 Å². The minimum Gasteiger partial charge on any atom is -0.444 e. The number of likely N-dealkylation sites (tertiary alicyclic amines) is 2. The summed E-state index contributed by atoms with van der Waals surface area (Å²) < 4.78 is 5.51. The van der Waals surface area contributed by atoms with Gasteiger partial charge in [-0.1, -0.05) is 12.1 Å². The maximum atomic E-state index is 13.3. The van der Waals surface area contributed by atoms with Gasteiger partial charge >= 0.3 is 6.09 Å². The van der Waals surface area contributed by atoms with Crippen molar-refractivity contribution in [1.82, 2.24) is 19.8 Å². The minimum absolute atomic E-state index is 0.0363. The van der Waals surface area contributed by atoms with Crippen LogP contribution in [-0.4, -0.2) is 63.0 Å². The molecule has 7 heteroatoms. The molecule has 4 rings (SSSR count). The molecule has 2 aliphatic heterocycles. The molecule has 0 saturated carbocycles. The highest BCUT2D eigenvalue weighted by Crippen LogP contribution is 2.29. The van der Waals surface area contributed by atoms with Crippen LogP contribution in [0.2, 0.25) is 0 Å². The van der Waals surface area contributed by atoms with E-state index in [0.29, 0.717) is 19.5 Å². The summed E-state index contributed by atoms with van der Waals surface area (Å²) in [6.07, 6.45) is 3.08. The largest absolute Gasteiger partial charge is 0.444 e. The third kappa shape index (κ3) is 4.23. The van der Waals surface area contributed by atoms with Gasteiger partial charge in [0.1, 0.15) is 17.5 Å². The first-order valence-corrected chi connectivity index (χ1v) is 10.5. The van der Waals surface area contributed by atoms with E-state index in [1.165, 1.54) is 0 Å². The molecular formula is C22H30N4O3. The SMILES string of the molecule is CC(C)(C)OC(=O)N1CCCC1C(=O)N1CCCC(c2nc3ccccc3[nH]2)C1. The van der Waals surface area contributed by atoms with Crippen molar-refractivity contribution >= 4 is 23.0 Å². The lowest BCUT2D eigenvalue weighted by molar-refractivity contribution is -0.137. The zero-order chi connectivity index (χ0) is 20.6. The van der Waals surface area contributed by atoms with Crippen LogP contribution in [0.3, 0.4) is 0 Å². The lowest BCUT2D eigenvalue weighted by Crippen LogP contribution is -2.51. The summed E-state index contributed by atoms with van der Waals surface area (Å²) in [5.41, 5.74) is 1.42. The standard InChI is InChI=1S/C22H30N4O3/c1-22(2,3)29-21(28)26-13-7-11-18(26)20(27)25-12-6-8-15(14-25)19-23-16-9-4-5-10-17(16)24-19/h4-5,9-10,15,18H,6-8,11-14H2,1-3H3,(H,23,24). The summed E-state index contributed by atoms with van der Waals surface area (Å²) in [6, 6.07) is 7.58. The first kappa shape index (κ1) is 19.7. The number of H-pyrrole nitrogens is 1. The highest BCUT2D eigenvalue weighted by Gasteiger charge is 2.40. The number of benzene rings is 1. The number of fused-ring (bicyclic) bond motifs is 1. The number of amides is 2. The number of piperidine rings is 1. The normalized spacial score (nSPS) is 22.9. The first-order chi connectivity index (χ1) is 13.8. The number of carbonyl (C=O) groups excluding carboxylic acids is 2. The van der Waals surface area contributed by atoms with Crippen LogP contribution in [0.1, 0.15) is 58.2 Å². The molecule has 1 N–H and O–H groups in total. The molecular weight excluding hydrogens is 368 g/mol. The molecule has 2 unspecified atom stereocenters. The van der Waals surface area contributed by atoms with E-state index in [1.807, 2.05) is 49.9 Å². The molecule has 29 heavy (non-hydrogen) atoms. The number of nitrogens with zero attached hydrogens (tertiary/aromatic N) is 3. The van der Waals surface area contributed by atoms with E-state index in [2.05, 4.69) is 4.98 Å². The van der Waals surface area contributed by atoms with Crippen molar-refractivity contribution in [2.75, 3.05) is 19.6 Å². The maximum absolute atomic E-state index is 13.3.